The standard InChI is InChI=1S/C14H15N3O3/c1-14(9-20-2)12(18)17(13(19)16-14)8-11-6-4-3-5-10(11)7-15/h3-6H,8-9H2,1-2H3,(H,16,19). The zero-order valence-corrected chi connectivity index (χ0v) is 11.3. The second kappa shape index (κ2) is 5.31. The van der Waals surface area contributed by atoms with Gasteiger partial charge in [0.25, 0.3) is 5.91 Å². The SMILES string of the molecule is COCC1(C)NC(=O)N(Cc2ccccc2C#N)C1=O. The number of rotatable bonds is 4. The van der Waals surface area contributed by atoms with Gasteiger partial charge in [-0.05, 0) is 18.6 Å². The van der Waals surface area contributed by atoms with Gasteiger partial charge in [-0.15, -0.1) is 0 Å². The van der Waals surface area contributed by atoms with Gasteiger partial charge in [-0.1, -0.05) is 18.2 Å². The summed E-state index contributed by atoms with van der Waals surface area (Å²) in [4.78, 5) is 25.4. The first-order valence-corrected chi connectivity index (χ1v) is 6.13. The maximum absolute atomic E-state index is 12.3. The molecule has 20 heavy (non-hydrogen) atoms. The molecule has 0 saturated carbocycles. The molecule has 1 saturated heterocycles. The number of nitrogens with one attached hydrogen (secondary N) is 1. The van der Waals surface area contributed by atoms with Crippen LogP contribution in [0.5, 0.6) is 0 Å². The van der Waals surface area contributed by atoms with Gasteiger partial charge in [0.1, 0.15) is 5.54 Å². The fourth-order valence-electron chi connectivity index (χ4n) is 2.21. The van der Waals surface area contributed by atoms with Crippen LogP contribution >= 0.6 is 0 Å². The lowest BCUT2D eigenvalue weighted by atomic mass is 10.0. The number of imide groups is 1. The third kappa shape index (κ3) is 2.36. The van der Waals surface area contributed by atoms with E-state index >= 15 is 0 Å². The number of hydrogen-bond donors (Lipinski definition) is 1. The molecule has 1 fully saturated rings. The largest absolute Gasteiger partial charge is 0.382 e. The minimum Gasteiger partial charge on any atom is -0.382 e. The number of nitriles is 1. The summed E-state index contributed by atoms with van der Waals surface area (Å²) in [5, 5.41) is 11.7. The molecule has 1 N–H and O–H groups in total. The maximum atomic E-state index is 12.3. The second-order valence-electron chi connectivity index (χ2n) is 4.86. The molecule has 0 spiro atoms. The Morgan fingerprint density at radius 1 is 1.40 bits per heavy atom. The average Bonchev–Trinajstić information content (AvgIpc) is 2.63. The van der Waals surface area contributed by atoms with E-state index in [2.05, 4.69) is 11.4 Å². The van der Waals surface area contributed by atoms with E-state index in [0.29, 0.717) is 11.1 Å². The number of methoxy groups -OCH3 is 1. The molecular formula is C14H15N3O3. The third-order valence-corrected chi connectivity index (χ3v) is 3.24. The topological polar surface area (TPSA) is 82.4 Å². The van der Waals surface area contributed by atoms with Crippen LogP contribution in [0.15, 0.2) is 24.3 Å². The monoisotopic (exact) mass is 273 g/mol. The molecule has 0 aromatic heterocycles. The summed E-state index contributed by atoms with van der Waals surface area (Å²) in [5.41, 5.74) is 0.0431. The fourth-order valence-corrected chi connectivity index (χ4v) is 2.21. The van der Waals surface area contributed by atoms with E-state index < -0.39 is 11.6 Å². The molecule has 1 aromatic carbocycles. The number of urea groups is 1. The summed E-state index contributed by atoms with van der Waals surface area (Å²) >= 11 is 0. The molecule has 0 radical (unpaired) electrons. The zero-order chi connectivity index (χ0) is 14.8. The van der Waals surface area contributed by atoms with Crippen molar-refractivity contribution < 1.29 is 14.3 Å². The van der Waals surface area contributed by atoms with Crippen LogP contribution in [-0.2, 0) is 16.1 Å². The van der Waals surface area contributed by atoms with Crippen molar-refractivity contribution in [1.29, 1.82) is 5.26 Å². The first kappa shape index (κ1) is 14.0. The van der Waals surface area contributed by atoms with E-state index in [-0.39, 0.29) is 19.1 Å². The van der Waals surface area contributed by atoms with Crippen molar-refractivity contribution in [2.75, 3.05) is 13.7 Å². The van der Waals surface area contributed by atoms with Crippen LogP contribution in [0.4, 0.5) is 4.79 Å². The van der Waals surface area contributed by atoms with Gasteiger partial charge >= 0.3 is 6.03 Å². The van der Waals surface area contributed by atoms with Gasteiger partial charge in [-0.3, -0.25) is 9.69 Å². The Morgan fingerprint density at radius 2 is 2.10 bits per heavy atom. The molecule has 0 aliphatic carbocycles. The van der Waals surface area contributed by atoms with E-state index in [9.17, 15) is 9.59 Å². The van der Waals surface area contributed by atoms with Crippen LogP contribution in [0.3, 0.4) is 0 Å². The molecule has 1 heterocycles. The molecule has 104 valence electrons. The molecule has 1 aliphatic rings. The first-order valence-electron chi connectivity index (χ1n) is 6.13. The summed E-state index contributed by atoms with van der Waals surface area (Å²) in [6.07, 6.45) is 0. The normalized spacial score (nSPS) is 21.8. The number of nitrogens with zero attached hydrogens (tertiary/aromatic N) is 2. The molecule has 2 rings (SSSR count). The highest BCUT2D eigenvalue weighted by Crippen LogP contribution is 2.21. The van der Waals surface area contributed by atoms with Crippen LogP contribution in [0.1, 0.15) is 18.1 Å². The van der Waals surface area contributed by atoms with Gasteiger partial charge in [-0.2, -0.15) is 5.26 Å². The Bertz CT molecular complexity index is 594. The molecule has 6 nitrogen and oxygen atoms in total. The Morgan fingerprint density at radius 3 is 2.75 bits per heavy atom. The Kier molecular flexibility index (Phi) is 3.72. The highest BCUT2D eigenvalue weighted by atomic mass is 16.5. The predicted molar refractivity (Wildman–Crippen MR) is 70.5 cm³/mol. The van der Waals surface area contributed by atoms with E-state index in [1.54, 1.807) is 31.2 Å². The number of benzene rings is 1. The second-order valence-corrected chi connectivity index (χ2v) is 4.86. The zero-order valence-electron chi connectivity index (χ0n) is 11.3. The van der Waals surface area contributed by atoms with Crippen molar-refractivity contribution in [2.45, 2.75) is 19.0 Å². The molecular weight excluding hydrogens is 258 g/mol. The fraction of sp³-hybridized carbons (Fsp3) is 0.357. The molecule has 3 amide bonds. The van der Waals surface area contributed by atoms with Crippen LogP contribution < -0.4 is 5.32 Å². The molecule has 1 unspecified atom stereocenters. The third-order valence-electron chi connectivity index (χ3n) is 3.24. The number of carbonyl (C=O) groups is 2. The van der Waals surface area contributed by atoms with E-state index in [4.69, 9.17) is 10.00 Å². The lowest BCUT2D eigenvalue weighted by molar-refractivity contribution is -0.132. The number of amides is 3. The van der Waals surface area contributed by atoms with Gasteiger partial charge in [0, 0.05) is 7.11 Å². The Labute approximate surface area is 116 Å². The van der Waals surface area contributed by atoms with E-state index in [1.807, 2.05) is 0 Å². The summed E-state index contributed by atoms with van der Waals surface area (Å²) in [7, 11) is 1.47. The number of carbonyl (C=O) groups excluding carboxylic acids is 2. The van der Waals surface area contributed by atoms with E-state index in [1.165, 1.54) is 7.11 Å². The molecule has 6 heteroatoms. The van der Waals surface area contributed by atoms with Crippen molar-refractivity contribution in [1.82, 2.24) is 10.2 Å². The summed E-state index contributed by atoms with van der Waals surface area (Å²) in [6, 6.07) is 8.47. The minimum atomic E-state index is -1.05. The van der Waals surface area contributed by atoms with Crippen molar-refractivity contribution in [2.24, 2.45) is 0 Å². The number of hydrogen-bond acceptors (Lipinski definition) is 4. The highest BCUT2D eigenvalue weighted by Gasteiger charge is 2.47. The van der Waals surface area contributed by atoms with Crippen LogP contribution in [0.25, 0.3) is 0 Å². The maximum Gasteiger partial charge on any atom is 0.325 e. The smallest absolute Gasteiger partial charge is 0.325 e. The van der Waals surface area contributed by atoms with Crippen molar-refractivity contribution in [3.8, 4) is 6.07 Å². The Hall–Kier alpha value is -2.39. The van der Waals surface area contributed by atoms with Gasteiger partial charge < -0.3 is 10.1 Å². The van der Waals surface area contributed by atoms with Crippen molar-refractivity contribution >= 4 is 11.9 Å². The first-order chi connectivity index (χ1) is 9.51. The summed E-state index contributed by atoms with van der Waals surface area (Å²) in [5.74, 6) is -0.350. The van der Waals surface area contributed by atoms with Gasteiger partial charge in [-0.25, -0.2) is 4.79 Å². The van der Waals surface area contributed by atoms with E-state index in [0.717, 1.165) is 4.90 Å². The van der Waals surface area contributed by atoms with Gasteiger partial charge in [0.05, 0.1) is 24.8 Å². The minimum absolute atomic E-state index is 0.0771. The Balaban J connectivity index is 2.24. The quantitative estimate of drug-likeness (QED) is 0.830. The predicted octanol–water partition coefficient (Wildman–Crippen LogP) is 1.02. The molecule has 1 aromatic rings. The van der Waals surface area contributed by atoms with Crippen LogP contribution in [-0.4, -0.2) is 36.1 Å². The highest BCUT2D eigenvalue weighted by molar-refractivity contribution is 6.06. The van der Waals surface area contributed by atoms with Crippen LogP contribution in [0, 0.1) is 11.3 Å². The lowest BCUT2D eigenvalue weighted by Crippen LogP contribution is -2.47. The molecule has 1 atom stereocenters. The molecule has 0 bridgehead atoms. The van der Waals surface area contributed by atoms with Crippen molar-refractivity contribution in [3.05, 3.63) is 35.4 Å². The van der Waals surface area contributed by atoms with Gasteiger partial charge in [0.2, 0.25) is 0 Å². The van der Waals surface area contributed by atoms with Gasteiger partial charge in [0.15, 0.2) is 0 Å². The average molecular weight is 273 g/mol. The summed E-state index contributed by atoms with van der Waals surface area (Å²) in [6.45, 7) is 1.80. The number of ether oxygens (including phenoxy) is 1. The lowest BCUT2D eigenvalue weighted by Gasteiger charge is -2.20. The molecule has 1 aliphatic heterocycles. The summed E-state index contributed by atoms with van der Waals surface area (Å²) < 4.78 is 4.98. The van der Waals surface area contributed by atoms with Crippen LogP contribution in [0.2, 0.25) is 0 Å². The van der Waals surface area contributed by atoms with Crippen molar-refractivity contribution in [3.63, 3.8) is 0 Å².